The highest BCUT2D eigenvalue weighted by Gasteiger charge is 2.36. The highest BCUT2D eigenvalue weighted by molar-refractivity contribution is 8.18. The predicted octanol–water partition coefficient (Wildman–Crippen LogP) is 2.68. The molecule has 7 heteroatoms. The summed E-state index contributed by atoms with van der Waals surface area (Å²) in [7, 11) is 1.53. The van der Waals surface area contributed by atoms with Gasteiger partial charge in [-0.1, -0.05) is 18.2 Å². The summed E-state index contributed by atoms with van der Waals surface area (Å²) in [5.41, 5.74) is 0.685. The average Bonchev–Trinajstić information content (AvgIpc) is 2.74. The van der Waals surface area contributed by atoms with Gasteiger partial charge in [0.15, 0.2) is 0 Å². The number of para-hydroxylation sites is 1. The van der Waals surface area contributed by atoms with Crippen LogP contribution in [0, 0.1) is 0 Å². The molecular weight excluding hydrogens is 318 g/mol. The van der Waals surface area contributed by atoms with E-state index in [2.05, 4.69) is 0 Å². The van der Waals surface area contributed by atoms with Gasteiger partial charge in [-0.15, -0.1) is 0 Å². The zero-order valence-electron chi connectivity index (χ0n) is 13.1. The smallest absolute Gasteiger partial charge is 0.326 e. The minimum Gasteiger partial charge on any atom is -0.496 e. The maximum absolute atomic E-state index is 12.3. The molecule has 0 atom stereocenters. The van der Waals surface area contributed by atoms with Crippen molar-refractivity contribution >= 4 is 35.0 Å². The van der Waals surface area contributed by atoms with Crippen molar-refractivity contribution < 1.29 is 23.9 Å². The Morgan fingerprint density at radius 2 is 2.00 bits per heavy atom. The maximum Gasteiger partial charge on any atom is 0.326 e. The minimum atomic E-state index is -0.610. The van der Waals surface area contributed by atoms with Gasteiger partial charge >= 0.3 is 5.97 Å². The number of methoxy groups -OCH3 is 1. The van der Waals surface area contributed by atoms with E-state index < -0.39 is 17.1 Å². The molecule has 0 aromatic heterocycles. The molecule has 1 fully saturated rings. The second-order valence-electron chi connectivity index (χ2n) is 5.05. The van der Waals surface area contributed by atoms with E-state index in [4.69, 9.17) is 9.47 Å². The number of thioether (sulfide) groups is 1. The molecule has 0 aliphatic carbocycles. The van der Waals surface area contributed by atoms with Crippen LogP contribution in [0.15, 0.2) is 29.2 Å². The average molecular weight is 335 g/mol. The van der Waals surface area contributed by atoms with Gasteiger partial charge in [0.2, 0.25) is 0 Å². The van der Waals surface area contributed by atoms with E-state index >= 15 is 0 Å². The Morgan fingerprint density at radius 3 is 2.65 bits per heavy atom. The molecule has 23 heavy (non-hydrogen) atoms. The first kappa shape index (κ1) is 17.1. The Morgan fingerprint density at radius 1 is 1.30 bits per heavy atom. The molecule has 0 radical (unpaired) electrons. The van der Waals surface area contributed by atoms with E-state index in [0.29, 0.717) is 11.3 Å². The van der Waals surface area contributed by atoms with Gasteiger partial charge in [0.1, 0.15) is 12.3 Å². The molecule has 1 aliphatic heterocycles. The first-order valence-corrected chi connectivity index (χ1v) is 7.82. The molecule has 1 heterocycles. The van der Waals surface area contributed by atoms with Crippen LogP contribution in [0.5, 0.6) is 5.75 Å². The van der Waals surface area contributed by atoms with Gasteiger partial charge < -0.3 is 9.47 Å². The number of hydrogen-bond donors (Lipinski definition) is 0. The SMILES string of the molecule is COc1ccccc1/C=C1\SC(=O)N(CC(=O)OC(C)C)C1=O. The lowest BCUT2D eigenvalue weighted by Crippen LogP contribution is -2.35. The highest BCUT2D eigenvalue weighted by Crippen LogP contribution is 2.33. The number of esters is 1. The Labute approximate surface area is 138 Å². The first-order valence-electron chi connectivity index (χ1n) is 7.00. The topological polar surface area (TPSA) is 72.9 Å². The fourth-order valence-electron chi connectivity index (χ4n) is 1.99. The molecule has 0 saturated carbocycles. The Bertz CT molecular complexity index is 668. The van der Waals surface area contributed by atoms with Crippen LogP contribution in [0.4, 0.5) is 4.79 Å². The molecule has 0 spiro atoms. The van der Waals surface area contributed by atoms with E-state index in [1.54, 1.807) is 38.1 Å². The predicted molar refractivity (Wildman–Crippen MR) is 86.9 cm³/mol. The van der Waals surface area contributed by atoms with Crippen LogP contribution in [0.1, 0.15) is 19.4 Å². The molecule has 0 unspecified atom stereocenters. The molecule has 1 aromatic carbocycles. The van der Waals surface area contributed by atoms with Crippen molar-refractivity contribution in [3.05, 3.63) is 34.7 Å². The molecule has 0 bridgehead atoms. The number of imide groups is 1. The molecule has 1 saturated heterocycles. The van der Waals surface area contributed by atoms with Gasteiger partial charge in [-0.3, -0.25) is 19.3 Å². The van der Waals surface area contributed by atoms with Crippen LogP contribution < -0.4 is 4.74 Å². The molecule has 6 nitrogen and oxygen atoms in total. The summed E-state index contributed by atoms with van der Waals surface area (Å²) >= 11 is 0.792. The summed E-state index contributed by atoms with van der Waals surface area (Å²) in [5.74, 6) is -0.522. The minimum absolute atomic E-state index is 0.247. The lowest BCUT2D eigenvalue weighted by Gasteiger charge is -2.13. The zero-order chi connectivity index (χ0) is 17.0. The molecule has 122 valence electrons. The lowest BCUT2D eigenvalue weighted by atomic mass is 10.2. The van der Waals surface area contributed by atoms with E-state index in [0.717, 1.165) is 16.7 Å². The number of ether oxygens (including phenoxy) is 2. The first-order chi connectivity index (χ1) is 10.9. The number of amides is 2. The van der Waals surface area contributed by atoms with Gasteiger partial charge in [0.25, 0.3) is 11.1 Å². The number of carbonyl (C=O) groups excluding carboxylic acids is 3. The Kier molecular flexibility index (Phi) is 5.44. The van der Waals surface area contributed by atoms with Crippen molar-refractivity contribution in [2.45, 2.75) is 20.0 Å². The number of carbonyl (C=O) groups is 3. The molecule has 0 N–H and O–H groups in total. The van der Waals surface area contributed by atoms with Crippen molar-refractivity contribution in [3.8, 4) is 5.75 Å². The normalized spacial score (nSPS) is 16.3. The summed E-state index contributed by atoms with van der Waals surface area (Å²) < 4.78 is 10.2. The van der Waals surface area contributed by atoms with Crippen molar-refractivity contribution in [2.75, 3.05) is 13.7 Å². The van der Waals surface area contributed by atoms with Crippen LogP contribution in [-0.4, -0.2) is 41.8 Å². The van der Waals surface area contributed by atoms with E-state index in [1.165, 1.54) is 7.11 Å². The third kappa shape index (κ3) is 4.13. The van der Waals surface area contributed by atoms with E-state index in [-0.39, 0.29) is 17.6 Å². The van der Waals surface area contributed by atoms with Gasteiger partial charge in [-0.2, -0.15) is 0 Å². The van der Waals surface area contributed by atoms with Crippen LogP contribution in [0.3, 0.4) is 0 Å². The van der Waals surface area contributed by atoms with Crippen LogP contribution in [-0.2, 0) is 14.3 Å². The van der Waals surface area contributed by atoms with Crippen LogP contribution >= 0.6 is 11.8 Å². The molecule has 1 aromatic rings. The fraction of sp³-hybridized carbons (Fsp3) is 0.312. The highest BCUT2D eigenvalue weighted by atomic mass is 32.2. The third-order valence-electron chi connectivity index (χ3n) is 2.95. The van der Waals surface area contributed by atoms with Gasteiger partial charge in [-0.25, -0.2) is 0 Å². The maximum atomic E-state index is 12.3. The second-order valence-corrected chi connectivity index (χ2v) is 6.04. The van der Waals surface area contributed by atoms with Crippen molar-refractivity contribution in [3.63, 3.8) is 0 Å². The third-order valence-corrected chi connectivity index (χ3v) is 3.86. The van der Waals surface area contributed by atoms with E-state index in [1.807, 2.05) is 6.07 Å². The fourth-order valence-corrected chi connectivity index (χ4v) is 2.82. The summed E-state index contributed by atoms with van der Waals surface area (Å²) in [6.07, 6.45) is 1.28. The summed E-state index contributed by atoms with van der Waals surface area (Å²) in [6, 6.07) is 7.15. The quantitative estimate of drug-likeness (QED) is 0.608. The monoisotopic (exact) mass is 335 g/mol. The molecular formula is C16H17NO5S. The van der Waals surface area contributed by atoms with E-state index in [9.17, 15) is 14.4 Å². The zero-order valence-corrected chi connectivity index (χ0v) is 13.9. The molecule has 2 rings (SSSR count). The molecule has 2 amide bonds. The Hall–Kier alpha value is -2.28. The summed E-state index contributed by atoms with van der Waals surface area (Å²) in [4.78, 5) is 37.0. The largest absolute Gasteiger partial charge is 0.496 e. The number of nitrogens with zero attached hydrogens (tertiary/aromatic N) is 1. The van der Waals surface area contributed by atoms with Gasteiger partial charge in [0.05, 0.1) is 18.1 Å². The van der Waals surface area contributed by atoms with Crippen LogP contribution in [0.25, 0.3) is 6.08 Å². The van der Waals surface area contributed by atoms with Gasteiger partial charge in [-0.05, 0) is 37.8 Å². The lowest BCUT2D eigenvalue weighted by molar-refractivity contribution is -0.149. The van der Waals surface area contributed by atoms with Gasteiger partial charge in [0, 0.05) is 5.56 Å². The molecule has 1 aliphatic rings. The Balaban J connectivity index is 2.17. The summed E-state index contributed by atoms with van der Waals surface area (Å²) in [5, 5.41) is -0.489. The summed E-state index contributed by atoms with van der Waals surface area (Å²) in [6.45, 7) is 3.02. The number of benzene rings is 1. The van der Waals surface area contributed by atoms with Crippen molar-refractivity contribution in [1.82, 2.24) is 4.90 Å². The van der Waals surface area contributed by atoms with Crippen molar-refractivity contribution in [1.29, 1.82) is 0 Å². The number of hydrogen-bond acceptors (Lipinski definition) is 6. The standard InChI is InChI=1S/C16H17NO5S/c1-10(2)22-14(18)9-17-15(19)13(23-16(17)20)8-11-6-4-5-7-12(11)21-3/h4-8,10H,9H2,1-3H3/b13-8-. The van der Waals surface area contributed by atoms with Crippen molar-refractivity contribution in [2.24, 2.45) is 0 Å². The number of rotatable bonds is 5. The van der Waals surface area contributed by atoms with Crippen LogP contribution in [0.2, 0.25) is 0 Å². The second kappa shape index (κ2) is 7.32.